The molecule has 4 aromatic rings. The minimum Gasteiger partial charge on any atom is -0.416 e. The monoisotopic (exact) mass is 504 g/mol. The third kappa shape index (κ3) is 4.04. The van der Waals surface area contributed by atoms with Crippen LogP contribution in [-0.2, 0) is 22.6 Å². The molecule has 1 saturated heterocycles. The zero-order valence-corrected chi connectivity index (χ0v) is 20.0. The predicted octanol–water partition coefficient (Wildman–Crippen LogP) is 5.31. The van der Waals surface area contributed by atoms with Gasteiger partial charge in [0.2, 0.25) is 5.88 Å². The highest BCUT2D eigenvalue weighted by atomic mass is 35.5. The molecule has 1 fully saturated rings. The smallest absolute Gasteiger partial charge is 0.416 e. The van der Waals surface area contributed by atoms with E-state index in [1.54, 1.807) is 28.8 Å². The van der Waals surface area contributed by atoms with Crippen LogP contribution in [0.15, 0.2) is 66.7 Å². The number of hydrogen-bond donors (Lipinski definition) is 0. The van der Waals surface area contributed by atoms with Crippen LogP contribution in [0, 0.1) is 11.7 Å². The quantitative estimate of drug-likeness (QED) is 0.209. The molecule has 2 aliphatic rings. The fourth-order valence-electron chi connectivity index (χ4n) is 5.24. The lowest BCUT2D eigenvalue weighted by atomic mass is 9.97. The number of aromatic nitrogens is 1. The first-order chi connectivity index (χ1) is 17.5. The van der Waals surface area contributed by atoms with Gasteiger partial charge < -0.3 is 9.47 Å². The Bertz CT molecular complexity index is 1480. The van der Waals surface area contributed by atoms with Crippen LogP contribution >= 0.6 is 11.6 Å². The van der Waals surface area contributed by atoms with Crippen LogP contribution in [0.25, 0.3) is 16.6 Å². The molecule has 36 heavy (non-hydrogen) atoms. The van der Waals surface area contributed by atoms with E-state index in [2.05, 4.69) is 17.0 Å². The van der Waals surface area contributed by atoms with Crippen molar-refractivity contribution in [2.24, 2.45) is 5.92 Å². The van der Waals surface area contributed by atoms with E-state index in [0.29, 0.717) is 28.9 Å². The predicted molar refractivity (Wildman–Crippen MR) is 133 cm³/mol. The van der Waals surface area contributed by atoms with Crippen LogP contribution in [-0.4, -0.2) is 34.5 Å². The largest absolute Gasteiger partial charge is 0.424 e. The number of benzene rings is 3. The molecule has 8 heteroatoms. The topological polar surface area (TPSA) is 60.8 Å². The fourth-order valence-corrected chi connectivity index (χ4v) is 5.43. The molecule has 1 atom stereocenters. The molecule has 6 nitrogen and oxygen atoms in total. The molecule has 2 aliphatic heterocycles. The van der Waals surface area contributed by atoms with E-state index >= 15 is 0 Å². The van der Waals surface area contributed by atoms with Gasteiger partial charge in [-0.1, -0.05) is 41.9 Å². The van der Waals surface area contributed by atoms with Crippen molar-refractivity contribution in [3.05, 3.63) is 88.7 Å². The van der Waals surface area contributed by atoms with Crippen LogP contribution in [0.3, 0.4) is 0 Å². The highest BCUT2D eigenvalue weighted by Crippen LogP contribution is 2.46. The van der Waals surface area contributed by atoms with Gasteiger partial charge >= 0.3 is 11.9 Å². The second-order valence-corrected chi connectivity index (χ2v) is 9.63. The highest BCUT2D eigenvalue weighted by molar-refractivity contribution is 6.36. The molecule has 0 aliphatic carbocycles. The second kappa shape index (κ2) is 9.08. The Hall–Kier alpha value is -3.68. The third-order valence-electron chi connectivity index (χ3n) is 6.84. The molecule has 2 bridgehead atoms. The van der Waals surface area contributed by atoms with Gasteiger partial charge in [-0.3, -0.25) is 9.47 Å². The van der Waals surface area contributed by atoms with Crippen LogP contribution in [0.2, 0.25) is 5.02 Å². The fraction of sp³-hybridized carbons (Fsp3) is 0.214. The Morgan fingerprint density at radius 2 is 1.69 bits per heavy atom. The van der Waals surface area contributed by atoms with Crippen molar-refractivity contribution in [1.29, 1.82) is 0 Å². The van der Waals surface area contributed by atoms with Crippen LogP contribution in [0.5, 0.6) is 11.6 Å². The molecule has 0 saturated carbocycles. The van der Waals surface area contributed by atoms with Crippen molar-refractivity contribution in [2.45, 2.75) is 19.4 Å². The summed E-state index contributed by atoms with van der Waals surface area (Å²) in [4.78, 5) is 27.3. The van der Waals surface area contributed by atoms with Crippen molar-refractivity contribution in [2.75, 3.05) is 13.1 Å². The number of carbonyl (C=O) groups is 2. The maximum Gasteiger partial charge on any atom is 0.424 e. The number of halogens is 2. The number of hydrogen-bond acceptors (Lipinski definition) is 5. The molecule has 6 rings (SSSR count). The second-order valence-electron chi connectivity index (χ2n) is 9.22. The summed E-state index contributed by atoms with van der Waals surface area (Å²) in [6, 6.07) is 19.6. The van der Waals surface area contributed by atoms with Crippen molar-refractivity contribution < 1.29 is 23.5 Å². The summed E-state index contributed by atoms with van der Waals surface area (Å²) in [5.74, 6) is -1.97. The summed E-state index contributed by atoms with van der Waals surface area (Å²) in [6.07, 6.45) is 1.57. The molecular weight excluding hydrogens is 483 g/mol. The minimum atomic E-state index is -1.14. The summed E-state index contributed by atoms with van der Waals surface area (Å²) < 4.78 is 26.4. The standard InChI is InChI=1S/C28H22ClFN2O4/c29-22-10-11-23-24-21(14-18-12-13-31(16-18)15-17-4-2-1-3-5-17)26(36-28(34)27(33)35-25(22)24)32(23)20-8-6-19(30)7-9-20/h1-11,18H,12-16H2. The average Bonchev–Trinajstić information content (AvgIpc) is 3.44. The highest BCUT2D eigenvalue weighted by Gasteiger charge is 2.35. The first-order valence-electron chi connectivity index (χ1n) is 11.8. The lowest BCUT2D eigenvalue weighted by molar-refractivity contribution is -0.156. The van der Waals surface area contributed by atoms with E-state index in [-0.39, 0.29) is 22.5 Å². The Kier molecular flexibility index (Phi) is 5.74. The van der Waals surface area contributed by atoms with E-state index in [9.17, 15) is 14.0 Å². The lowest BCUT2D eigenvalue weighted by Crippen LogP contribution is -2.27. The first kappa shape index (κ1) is 22.8. The van der Waals surface area contributed by atoms with E-state index in [1.807, 2.05) is 18.2 Å². The van der Waals surface area contributed by atoms with E-state index in [1.165, 1.54) is 17.7 Å². The van der Waals surface area contributed by atoms with E-state index in [0.717, 1.165) is 31.6 Å². The van der Waals surface area contributed by atoms with Crippen LogP contribution in [0.1, 0.15) is 17.5 Å². The third-order valence-corrected chi connectivity index (χ3v) is 7.14. The van der Waals surface area contributed by atoms with Gasteiger partial charge in [0.05, 0.1) is 15.9 Å². The van der Waals surface area contributed by atoms with Gasteiger partial charge in [0, 0.05) is 24.3 Å². The number of rotatable bonds is 5. The SMILES string of the molecule is O=C1Oc2c(Cl)ccc3c2c(CC2CCN(Cc4ccccc4)C2)c(n3-c2ccc(F)cc2)OC1=O. The van der Waals surface area contributed by atoms with Gasteiger partial charge in [0.25, 0.3) is 0 Å². The van der Waals surface area contributed by atoms with Crippen molar-refractivity contribution in [3.63, 3.8) is 0 Å². The van der Waals surface area contributed by atoms with E-state index < -0.39 is 11.9 Å². The lowest BCUT2D eigenvalue weighted by Gasteiger charge is -2.18. The van der Waals surface area contributed by atoms with E-state index in [4.69, 9.17) is 21.1 Å². The number of carbonyl (C=O) groups excluding carboxylic acids is 2. The van der Waals surface area contributed by atoms with Gasteiger partial charge in [0.1, 0.15) is 5.82 Å². The summed E-state index contributed by atoms with van der Waals surface area (Å²) in [7, 11) is 0. The molecule has 3 aromatic carbocycles. The summed E-state index contributed by atoms with van der Waals surface area (Å²) in [6.45, 7) is 2.69. The van der Waals surface area contributed by atoms with Gasteiger partial charge in [0.15, 0.2) is 5.75 Å². The minimum absolute atomic E-state index is 0.145. The van der Waals surface area contributed by atoms with Crippen molar-refractivity contribution in [3.8, 4) is 17.3 Å². The van der Waals surface area contributed by atoms with Gasteiger partial charge in [-0.05, 0) is 67.3 Å². The molecule has 0 N–H and O–H groups in total. The zero-order valence-electron chi connectivity index (χ0n) is 19.2. The molecule has 3 heterocycles. The Morgan fingerprint density at radius 1 is 0.944 bits per heavy atom. The Labute approximate surface area is 211 Å². The Balaban J connectivity index is 1.43. The molecule has 0 radical (unpaired) electrons. The van der Waals surface area contributed by atoms with Crippen LogP contribution < -0.4 is 9.47 Å². The molecule has 0 amide bonds. The summed E-state index contributed by atoms with van der Waals surface area (Å²) in [5.41, 5.74) is 3.26. The first-order valence-corrected chi connectivity index (χ1v) is 12.2. The summed E-state index contributed by atoms with van der Waals surface area (Å²) in [5, 5.41) is 0.857. The summed E-state index contributed by atoms with van der Waals surface area (Å²) >= 11 is 6.45. The van der Waals surface area contributed by atoms with Gasteiger partial charge in [-0.25, -0.2) is 14.0 Å². The number of esters is 2. The van der Waals surface area contributed by atoms with Crippen molar-refractivity contribution in [1.82, 2.24) is 9.47 Å². The molecule has 1 unspecified atom stereocenters. The normalized spacial score (nSPS) is 17.8. The molecular formula is C28H22ClFN2O4. The average molecular weight is 505 g/mol. The zero-order chi connectivity index (χ0) is 24.8. The van der Waals surface area contributed by atoms with Crippen molar-refractivity contribution >= 4 is 34.4 Å². The number of ether oxygens (including phenoxy) is 2. The molecule has 1 aromatic heterocycles. The maximum absolute atomic E-state index is 13.7. The number of fused-ring (bicyclic) bond motifs is 1. The van der Waals surface area contributed by atoms with Gasteiger partial charge in [-0.15, -0.1) is 0 Å². The molecule has 182 valence electrons. The Morgan fingerprint density at radius 3 is 2.47 bits per heavy atom. The maximum atomic E-state index is 13.7. The number of likely N-dealkylation sites (tertiary alicyclic amines) is 1. The van der Waals surface area contributed by atoms with Crippen LogP contribution in [0.4, 0.5) is 4.39 Å². The number of nitrogens with zero attached hydrogens (tertiary/aromatic N) is 2. The molecule has 0 spiro atoms. The van der Waals surface area contributed by atoms with Gasteiger partial charge in [-0.2, -0.15) is 0 Å².